The SMILES string of the molecule is NC(=O)c1ccc[c]c1O. The molecule has 1 aromatic carbocycles. The molecule has 1 radical (unpaired) electrons. The highest BCUT2D eigenvalue weighted by Crippen LogP contribution is 2.12. The molecule has 1 rings (SSSR count). The number of carbonyl (C=O) groups is 1. The van der Waals surface area contributed by atoms with Gasteiger partial charge in [-0.05, 0) is 6.07 Å². The van der Waals surface area contributed by atoms with E-state index in [2.05, 4.69) is 6.07 Å². The fourth-order valence-electron chi connectivity index (χ4n) is 0.627. The lowest BCUT2D eigenvalue weighted by Crippen LogP contribution is -2.10. The van der Waals surface area contributed by atoms with E-state index in [9.17, 15) is 4.79 Å². The molecule has 0 aliphatic heterocycles. The number of primary amides is 1. The predicted octanol–water partition coefficient (Wildman–Crippen LogP) is 0.291. The third-order valence-corrected chi connectivity index (χ3v) is 1.10. The molecular formula is C7H6NO2. The van der Waals surface area contributed by atoms with Crippen molar-refractivity contribution in [1.29, 1.82) is 0 Å². The molecular weight excluding hydrogens is 130 g/mol. The third-order valence-electron chi connectivity index (χ3n) is 1.10. The molecule has 0 saturated heterocycles. The van der Waals surface area contributed by atoms with E-state index in [4.69, 9.17) is 10.8 Å². The van der Waals surface area contributed by atoms with Gasteiger partial charge in [0, 0.05) is 6.07 Å². The summed E-state index contributed by atoms with van der Waals surface area (Å²) in [4.78, 5) is 10.5. The van der Waals surface area contributed by atoms with E-state index in [-0.39, 0.29) is 11.3 Å². The van der Waals surface area contributed by atoms with E-state index < -0.39 is 5.91 Å². The molecule has 0 heterocycles. The lowest BCUT2D eigenvalue weighted by Gasteiger charge is -1.95. The number of rotatable bonds is 1. The summed E-state index contributed by atoms with van der Waals surface area (Å²) in [7, 11) is 0. The Morgan fingerprint density at radius 1 is 1.70 bits per heavy atom. The van der Waals surface area contributed by atoms with Gasteiger partial charge in [-0.3, -0.25) is 4.79 Å². The van der Waals surface area contributed by atoms with E-state index in [1.165, 1.54) is 12.1 Å². The van der Waals surface area contributed by atoms with Gasteiger partial charge in [-0.2, -0.15) is 0 Å². The number of phenols is 1. The fourth-order valence-corrected chi connectivity index (χ4v) is 0.627. The third kappa shape index (κ3) is 1.07. The zero-order valence-electron chi connectivity index (χ0n) is 5.16. The van der Waals surface area contributed by atoms with Gasteiger partial charge in [0.15, 0.2) is 0 Å². The number of amides is 1. The van der Waals surface area contributed by atoms with E-state index in [0.717, 1.165) is 0 Å². The zero-order chi connectivity index (χ0) is 7.56. The van der Waals surface area contributed by atoms with Crippen LogP contribution in [0.25, 0.3) is 0 Å². The van der Waals surface area contributed by atoms with Gasteiger partial charge in [-0.1, -0.05) is 12.1 Å². The average Bonchev–Trinajstić information content (AvgIpc) is 1.88. The number of carbonyl (C=O) groups excluding carboxylic acids is 1. The van der Waals surface area contributed by atoms with Gasteiger partial charge in [-0.25, -0.2) is 0 Å². The summed E-state index contributed by atoms with van der Waals surface area (Å²) in [5, 5.41) is 8.92. The molecule has 0 aliphatic rings. The van der Waals surface area contributed by atoms with Crippen molar-refractivity contribution in [1.82, 2.24) is 0 Å². The first-order valence-electron chi connectivity index (χ1n) is 2.71. The molecule has 1 amide bonds. The largest absolute Gasteiger partial charge is 0.506 e. The Hall–Kier alpha value is -1.51. The van der Waals surface area contributed by atoms with Crippen LogP contribution in [0.3, 0.4) is 0 Å². The Balaban J connectivity index is 3.15. The number of hydrogen-bond donors (Lipinski definition) is 2. The van der Waals surface area contributed by atoms with Crippen LogP contribution >= 0.6 is 0 Å². The Morgan fingerprint density at radius 2 is 2.40 bits per heavy atom. The van der Waals surface area contributed by atoms with Crippen molar-refractivity contribution >= 4 is 5.91 Å². The summed E-state index contributed by atoms with van der Waals surface area (Å²) in [6, 6.07) is 6.96. The van der Waals surface area contributed by atoms with Gasteiger partial charge in [0.25, 0.3) is 5.91 Å². The molecule has 3 N–H and O–H groups in total. The molecule has 0 saturated carbocycles. The van der Waals surface area contributed by atoms with Crippen LogP contribution in [0.2, 0.25) is 0 Å². The Kier molecular flexibility index (Phi) is 1.58. The normalized spacial score (nSPS) is 9.20. The number of aromatic hydroxyl groups is 1. The summed E-state index contributed by atoms with van der Waals surface area (Å²) >= 11 is 0. The minimum Gasteiger partial charge on any atom is -0.506 e. The minimum atomic E-state index is -0.644. The van der Waals surface area contributed by atoms with Crippen LogP contribution < -0.4 is 5.73 Å². The number of para-hydroxylation sites is 1. The quantitative estimate of drug-likeness (QED) is 0.582. The maximum absolute atomic E-state index is 10.5. The molecule has 0 aromatic heterocycles. The average molecular weight is 136 g/mol. The summed E-state index contributed by atoms with van der Waals surface area (Å²) in [6.45, 7) is 0. The highest BCUT2D eigenvalue weighted by molar-refractivity contribution is 5.95. The van der Waals surface area contributed by atoms with Crippen LogP contribution in [0.1, 0.15) is 10.4 Å². The van der Waals surface area contributed by atoms with Gasteiger partial charge in [0.05, 0.1) is 5.56 Å². The number of hydrogen-bond acceptors (Lipinski definition) is 2. The molecule has 1 aromatic rings. The molecule has 0 unspecified atom stereocenters. The summed E-state index contributed by atoms with van der Waals surface area (Å²) in [5.74, 6) is -0.843. The van der Waals surface area contributed by atoms with E-state index in [0.29, 0.717) is 0 Å². The van der Waals surface area contributed by atoms with Gasteiger partial charge < -0.3 is 10.8 Å². The van der Waals surface area contributed by atoms with Gasteiger partial charge in [-0.15, -0.1) is 0 Å². The monoisotopic (exact) mass is 136 g/mol. The Labute approximate surface area is 58.1 Å². The first kappa shape index (κ1) is 6.61. The molecule has 0 aliphatic carbocycles. The molecule has 0 fully saturated rings. The first-order valence-corrected chi connectivity index (χ1v) is 2.71. The van der Waals surface area contributed by atoms with Crippen molar-refractivity contribution in [2.45, 2.75) is 0 Å². The van der Waals surface area contributed by atoms with Crippen molar-refractivity contribution < 1.29 is 9.90 Å². The van der Waals surface area contributed by atoms with Gasteiger partial charge in [0.1, 0.15) is 5.75 Å². The van der Waals surface area contributed by atoms with E-state index in [1.807, 2.05) is 0 Å². The van der Waals surface area contributed by atoms with Crippen LogP contribution in [-0.4, -0.2) is 11.0 Å². The van der Waals surface area contributed by atoms with E-state index in [1.54, 1.807) is 6.07 Å². The first-order chi connectivity index (χ1) is 4.72. The smallest absolute Gasteiger partial charge is 0.252 e. The van der Waals surface area contributed by atoms with Crippen molar-refractivity contribution in [3.63, 3.8) is 0 Å². The topological polar surface area (TPSA) is 63.3 Å². The molecule has 3 heteroatoms. The van der Waals surface area contributed by atoms with Crippen molar-refractivity contribution in [2.75, 3.05) is 0 Å². The van der Waals surface area contributed by atoms with Gasteiger partial charge in [0.2, 0.25) is 0 Å². The Morgan fingerprint density at radius 3 is 2.80 bits per heavy atom. The molecule has 0 bridgehead atoms. The highest BCUT2D eigenvalue weighted by atomic mass is 16.3. The number of benzene rings is 1. The summed E-state index contributed by atoms with van der Waals surface area (Å²) in [6.07, 6.45) is 0. The summed E-state index contributed by atoms with van der Waals surface area (Å²) < 4.78 is 0. The van der Waals surface area contributed by atoms with Crippen molar-refractivity contribution in [3.8, 4) is 5.75 Å². The molecule has 51 valence electrons. The van der Waals surface area contributed by atoms with Crippen LogP contribution in [0.4, 0.5) is 0 Å². The number of nitrogens with two attached hydrogens (primary N) is 1. The van der Waals surface area contributed by atoms with Crippen LogP contribution in [0, 0.1) is 6.07 Å². The lowest BCUT2D eigenvalue weighted by atomic mass is 10.2. The molecule has 3 nitrogen and oxygen atoms in total. The maximum atomic E-state index is 10.5. The standard InChI is InChI=1S/C7H6NO2/c8-7(10)5-3-1-2-4-6(5)9/h1-3,9H,(H2,8,10). The molecule has 0 atom stereocenters. The maximum Gasteiger partial charge on any atom is 0.252 e. The van der Waals surface area contributed by atoms with Crippen molar-refractivity contribution in [2.24, 2.45) is 5.73 Å². The van der Waals surface area contributed by atoms with Gasteiger partial charge >= 0.3 is 0 Å². The van der Waals surface area contributed by atoms with Crippen LogP contribution in [0.15, 0.2) is 18.2 Å². The zero-order valence-corrected chi connectivity index (χ0v) is 5.16. The van der Waals surface area contributed by atoms with Crippen molar-refractivity contribution in [3.05, 3.63) is 29.8 Å². The van der Waals surface area contributed by atoms with Crippen LogP contribution in [-0.2, 0) is 0 Å². The lowest BCUT2D eigenvalue weighted by molar-refractivity contribution is 0.0998. The second-order valence-corrected chi connectivity index (χ2v) is 1.80. The Bertz CT molecular complexity index is 258. The highest BCUT2D eigenvalue weighted by Gasteiger charge is 2.03. The predicted molar refractivity (Wildman–Crippen MR) is 35.5 cm³/mol. The molecule has 10 heavy (non-hydrogen) atoms. The second kappa shape index (κ2) is 2.39. The van der Waals surface area contributed by atoms with Crippen LogP contribution in [0.5, 0.6) is 5.75 Å². The molecule has 0 spiro atoms. The second-order valence-electron chi connectivity index (χ2n) is 1.80. The minimum absolute atomic E-state index is 0.0995. The van der Waals surface area contributed by atoms with E-state index >= 15 is 0 Å². The summed E-state index contributed by atoms with van der Waals surface area (Å²) in [5.41, 5.74) is 5.00. The fraction of sp³-hybridized carbons (Fsp3) is 0.